The Kier molecular flexibility index (Phi) is 7.96. The van der Waals surface area contributed by atoms with Gasteiger partial charge in [-0.25, -0.2) is 4.79 Å². The van der Waals surface area contributed by atoms with E-state index >= 15 is 0 Å². The van der Waals surface area contributed by atoms with Gasteiger partial charge in [0, 0.05) is 38.1 Å². The van der Waals surface area contributed by atoms with Gasteiger partial charge >= 0.3 is 6.09 Å². The maximum absolute atomic E-state index is 12.2. The average Bonchev–Trinajstić information content (AvgIpc) is 2.61. The predicted octanol–water partition coefficient (Wildman–Crippen LogP) is 1.14. The molecule has 1 N–H and O–H groups in total. The molecule has 2 amide bonds. The molecule has 25 heavy (non-hydrogen) atoms. The number of amides is 2. The van der Waals surface area contributed by atoms with Crippen molar-refractivity contribution in [2.75, 3.05) is 53.4 Å². The minimum absolute atomic E-state index is 0.120. The molecule has 2 fully saturated rings. The van der Waals surface area contributed by atoms with Crippen LogP contribution in [0.1, 0.15) is 39.0 Å². The second-order valence-corrected chi connectivity index (χ2v) is 7.29. The Morgan fingerprint density at radius 2 is 1.76 bits per heavy atom. The highest BCUT2D eigenvalue weighted by molar-refractivity contribution is 5.76. The molecular weight excluding hydrogens is 320 g/mol. The monoisotopic (exact) mass is 354 g/mol. The van der Waals surface area contributed by atoms with Crippen molar-refractivity contribution in [1.29, 1.82) is 0 Å². The summed E-state index contributed by atoms with van der Waals surface area (Å²) in [7, 11) is 4.29. The number of likely N-dealkylation sites (tertiary alicyclic amines) is 2. The maximum atomic E-state index is 12.2. The first kappa shape index (κ1) is 20.0. The van der Waals surface area contributed by atoms with Crippen LogP contribution in [0.4, 0.5) is 4.79 Å². The third-order valence-electron chi connectivity index (χ3n) is 5.39. The van der Waals surface area contributed by atoms with Crippen molar-refractivity contribution in [3.05, 3.63) is 0 Å². The smallest absolute Gasteiger partial charge is 0.409 e. The van der Waals surface area contributed by atoms with Gasteiger partial charge in [0.1, 0.15) is 0 Å². The first-order valence-corrected chi connectivity index (χ1v) is 9.59. The normalized spacial score (nSPS) is 20.7. The van der Waals surface area contributed by atoms with E-state index in [1.165, 1.54) is 12.8 Å². The number of carbonyl (C=O) groups is 2. The Bertz CT molecular complexity index is 430. The summed E-state index contributed by atoms with van der Waals surface area (Å²) in [6.45, 7) is 6.61. The van der Waals surface area contributed by atoms with Crippen LogP contribution in [-0.4, -0.2) is 92.2 Å². The lowest BCUT2D eigenvalue weighted by atomic mass is 10.0. The summed E-state index contributed by atoms with van der Waals surface area (Å²) in [5.74, 6) is 0.120. The van der Waals surface area contributed by atoms with E-state index < -0.39 is 0 Å². The van der Waals surface area contributed by atoms with Crippen molar-refractivity contribution >= 4 is 12.0 Å². The minimum atomic E-state index is -0.243. The van der Waals surface area contributed by atoms with Crippen LogP contribution < -0.4 is 5.32 Å². The Morgan fingerprint density at radius 3 is 2.36 bits per heavy atom. The van der Waals surface area contributed by atoms with Gasteiger partial charge in [0.15, 0.2) is 0 Å². The number of nitrogens with zero attached hydrogens (tertiary/aromatic N) is 3. The zero-order valence-electron chi connectivity index (χ0n) is 16.0. The first-order valence-electron chi connectivity index (χ1n) is 9.59. The zero-order valence-corrected chi connectivity index (χ0v) is 16.0. The number of piperidine rings is 2. The molecular formula is C18H34N4O3. The van der Waals surface area contributed by atoms with Crippen molar-refractivity contribution in [2.45, 2.75) is 51.1 Å². The van der Waals surface area contributed by atoms with Gasteiger partial charge in [-0.3, -0.25) is 4.79 Å². The summed E-state index contributed by atoms with van der Waals surface area (Å²) < 4.78 is 5.02. The molecule has 0 saturated carbocycles. The third-order valence-corrected chi connectivity index (χ3v) is 5.39. The van der Waals surface area contributed by atoms with Crippen molar-refractivity contribution in [3.63, 3.8) is 0 Å². The zero-order chi connectivity index (χ0) is 18.2. The second kappa shape index (κ2) is 9.97. The predicted molar refractivity (Wildman–Crippen MR) is 97.5 cm³/mol. The number of ether oxygens (including phenoxy) is 1. The summed E-state index contributed by atoms with van der Waals surface area (Å²) in [4.78, 5) is 30.3. The topological polar surface area (TPSA) is 65.1 Å². The third kappa shape index (κ3) is 6.47. The molecule has 0 aliphatic carbocycles. The van der Waals surface area contributed by atoms with E-state index in [2.05, 4.69) is 29.2 Å². The van der Waals surface area contributed by atoms with Crippen LogP contribution in [0.2, 0.25) is 0 Å². The van der Waals surface area contributed by atoms with Crippen LogP contribution in [0.5, 0.6) is 0 Å². The molecule has 0 unspecified atom stereocenters. The van der Waals surface area contributed by atoms with Gasteiger partial charge in [-0.05, 0) is 59.8 Å². The molecule has 0 bridgehead atoms. The van der Waals surface area contributed by atoms with Gasteiger partial charge < -0.3 is 24.8 Å². The standard InChI is InChI=1S/C18H34N4O3/c1-4-25-18(24)22-13-5-15(6-14-22)19-17(23)9-12-21(3)16-7-10-20(2)11-8-16/h15-16H,4-14H2,1-3H3,(H,19,23). The fourth-order valence-electron chi connectivity index (χ4n) is 3.62. The van der Waals surface area contributed by atoms with Crippen molar-refractivity contribution in [3.8, 4) is 0 Å². The van der Waals surface area contributed by atoms with Crippen LogP contribution in [0.3, 0.4) is 0 Å². The van der Waals surface area contributed by atoms with Gasteiger partial charge in [-0.15, -0.1) is 0 Å². The Labute approximate surface area is 151 Å². The lowest BCUT2D eigenvalue weighted by molar-refractivity contribution is -0.122. The number of rotatable bonds is 6. The maximum Gasteiger partial charge on any atom is 0.409 e. The van der Waals surface area contributed by atoms with E-state index in [1.54, 1.807) is 4.90 Å². The molecule has 2 rings (SSSR count). The SMILES string of the molecule is CCOC(=O)N1CCC(NC(=O)CCN(C)C2CCN(C)CC2)CC1. The minimum Gasteiger partial charge on any atom is -0.450 e. The van der Waals surface area contributed by atoms with E-state index in [1.807, 2.05) is 6.92 Å². The molecule has 2 aliphatic rings. The Hall–Kier alpha value is -1.34. The van der Waals surface area contributed by atoms with E-state index in [9.17, 15) is 9.59 Å². The van der Waals surface area contributed by atoms with Crippen LogP contribution in [0.25, 0.3) is 0 Å². The molecule has 7 nitrogen and oxygen atoms in total. The fraction of sp³-hybridized carbons (Fsp3) is 0.889. The molecule has 0 aromatic heterocycles. The summed E-state index contributed by atoms with van der Waals surface area (Å²) in [6, 6.07) is 0.767. The summed E-state index contributed by atoms with van der Waals surface area (Å²) in [5.41, 5.74) is 0. The largest absolute Gasteiger partial charge is 0.450 e. The highest BCUT2D eigenvalue weighted by atomic mass is 16.6. The molecule has 0 radical (unpaired) electrons. The highest BCUT2D eigenvalue weighted by Gasteiger charge is 2.25. The first-order chi connectivity index (χ1) is 12.0. The van der Waals surface area contributed by atoms with E-state index in [-0.39, 0.29) is 18.0 Å². The van der Waals surface area contributed by atoms with Gasteiger partial charge in [-0.1, -0.05) is 0 Å². The van der Waals surface area contributed by atoms with Crippen LogP contribution in [0.15, 0.2) is 0 Å². The van der Waals surface area contributed by atoms with E-state index in [4.69, 9.17) is 4.74 Å². The van der Waals surface area contributed by atoms with Crippen LogP contribution in [-0.2, 0) is 9.53 Å². The summed E-state index contributed by atoms with van der Waals surface area (Å²) in [6.07, 6.45) is 4.26. The van der Waals surface area contributed by atoms with Gasteiger partial charge in [0.25, 0.3) is 0 Å². The number of hydrogen-bond donors (Lipinski definition) is 1. The van der Waals surface area contributed by atoms with Gasteiger partial charge in [0.2, 0.25) is 5.91 Å². The quantitative estimate of drug-likeness (QED) is 0.775. The molecule has 2 heterocycles. The number of hydrogen-bond acceptors (Lipinski definition) is 5. The lowest BCUT2D eigenvalue weighted by Gasteiger charge is -2.35. The van der Waals surface area contributed by atoms with Crippen molar-refractivity contribution in [2.24, 2.45) is 0 Å². The van der Waals surface area contributed by atoms with Crippen LogP contribution >= 0.6 is 0 Å². The molecule has 0 spiro atoms. The molecule has 2 saturated heterocycles. The van der Waals surface area contributed by atoms with E-state index in [0.717, 1.165) is 32.5 Å². The van der Waals surface area contributed by atoms with E-state index in [0.29, 0.717) is 32.2 Å². The Balaban J connectivity index is 1.62. The Morgan fingerprint density at radius 1 is 1.12 bits per heavy atom. The molecule has 0 aromatic carbocycles. The van der Waals surface area contributed by atoms with Crippen molar-refractivity contribution in [1.82, 2.24) is 20.0 Å². The van der Waals surface area contributed by atoms with Crippen LogP contribution in [0, 0.1) is 0 Å². The lowest BCUT2D eigenvalue weighted by Crippen LogP contribution is -2.47. The second-order valence-electron chi connectivity index (χ2n) is 7.29. The average molecular weight is 354 g/mol. The van der Waals surface area contributed by atoms with Gasteiger partial charge in [0.05, 0.1) is 6.61 Å². The molecule has 0 atom stereocenters. The summed E-state index contributed by atoms with van der Waals surface area (Å²) in [5, 5.41) is 3.12. The fourth-order valence-corrected chi connectivity index (χ4v) is 3.62. The molecule has 144 valence electrons. The molecule has 2 aliphatic heterocycles. The highest BCUT2D eigenvalue weighted by Crippen LogP contribution is 2.15. The van der Waals surface area contributed by atoms with Crippen molar-refractivity contribution < 1.29 is 14.3 Å². The summed E-state index contributed by atoms with van der Waals surface area (Å²) >= 11 is 0. The molecule has 0 aromatic rings. The number of carbonyl (C=O) groups excluding carboxylic acids is 2. The molecule has 7 heteroatoms. The van der Waals surface area contributed by atoms with Gasteiger partial charge in [-0.2, -0.15) is 0 Å². The number of nitrogens with one attached hydrogen (secondary N) is 1.